The summed E-state index contributed by atoms with van der Waals surface area (Å²) in [6, 6.07) is 4.60. The summed E-state index contributed by atoms with van der Waals surface area (Å²) in [6.45, 7) is 5.65. The molecule has 1 aromatic heterocycles. The number of ether oxygens (including phenoxy) is 1. The molecule has 170 valence electrons. The number of nitrogens with zero attached hydrogens (tertiary/aromatic N) is 3. The summed E-state index contributed by atoms with van der Waals surface area (Å²) >= 11 is 6.23. The van der Waals surface area contributed by atoms with Crippen molar-refractivity contribution in [3.63, 3.8) is 0 Å². The van der Waals surface area contributed by atoms with Gasteiger partial charge in [0.25, 0.3) is 0 Å². The Morgan fingerprint density at radius 2 is 2.00 bits per heavy atom. The molecule has 0 aliphatic rings. The van der Waals surface area contributed by atoms with Crippen molar-refractivity contribution in [2.75, 3.05) is 20.7 Å². The first kappa shape index (κ1) is 25.0. The maximum absolute atomic E-state index is 14.2. The molecule has 1 aromatic carbocycles. The molecule has 0 unspecified atom stereocenters. The van der Waals surface area contributed by atoms with E-state index in [-0.39, 0.29) is 41.0 Å². The van der Waals surface area contributed by atoms with Gasteiger partial charge in [0.15, 0.2) is 5.69 Å². The summed E-state index contributed by atoms with van der Waals surface area (Å²) in [5.74, 6) is -0.967. The fourth-order valence-corrected chi connectivity index (χ4v) is 4.43. The Balaban J connectivity index is 2.44. The van der Waals surface area contributed by atoms with E-state index < -0.39 is 16.0 Å². The van der Waals surface area contributed by atoms with Crippen molar-refractivity contribution in [3.8, 4) is 0 Å². The van der Waals surface area contributed by atoms with E-state index >= 15 is 0 Å². The zero-order valence-corrected chi connectivity index (χ0v) is 19.8. The summed E-state index contributed by atoms with van der Waals surface area (Å²) in [6.07, 6.45) is 1.93. The Hall–Kier alpha value is -2.23. The third-order valence-electron chi connectivity index (χ3n) is 4.66. The van der Waals surface area contributed by atoms with Crippen molar-refractivity contribution in [2.24, 2.45) is 0 Å². The minimum Gasteiger partial charge on any atom is -0.461 e. The van der Waals surface area contributed by atoms with E-state index in [2.05, 4.69) is 5.10 Å². The van der Waals surface area contributed by atoms with Crippen molar-refractivity contribution in [1.29, 1.82) is 0 Å². The number of aromatic nitrogens is 2. The maximum Gasteiger partial charge on any atom is 0.359 e. The highest BCUT2D eigenvalue weighted by molar-refractivity contribution is 7.89. The smallest absolute Gasteiger partial charge is 0.359 e. The minimum absolute atomic E-state index is 0.000204. The number of benzene rings is 1. The lowest BCUT2D eigenvalue weighted by atomic mass is 10.1. The van der Waals surface area contributed by atoms with E-state index in [0.29, 0.717) is 23.2 Å². The van der Waals surface area contributed by atoms with E-state index in [0.717, 1.165) is 4.31 Å². The lowest BCUT2D eigenvalue weighted by Crippen LogP contribution is -2.22. The second kappa shape index (κ2) is 10.4. The molecule has 0 bridgehead atoms. The van der Waals surface area contributed by atoms with E-state index in [4.69, 9.17) is 16.3 Å². The monoisotopic (exact) mass is 471 g/mol. The summed E-state index contributed by atoms with van der Waals surface area (Å²) in [4.78, 5) is 12.4. The number of rotatable bonds is 9. The van der Waals surface area contributed by atoms with Gasteiger partial charge in [0.05, 0.1) is 18.2 Å². The molecule has 0 fully saturated rings. The van der Waals surface area contributed by atoms with Gasteiger partial charge in [-0.05, 0) is 38.0 Å². The molecule has 7 nitrogen and oxygen atoms in total. The van der Waals surface area contributed by atoms with Crippen molar-refractivity contribution in [2.45, 2.75) is 45.1 Å². The van der Waals surface area contributed by atoms with E-state index in [1.165, 1.54) is 26.2 Å². The number of hydrogen-bond donors (Lipinski definition) is 0. The van der Waals surface area contributed by atoms with Crippen LogP contribution in [0, 0.1) is 6.92 Å². The van der Waals surface area contributed by atoms with Crippen LogP contribution in [-0.4, -0.2) is 49.2 Å². The fourth-order valence-electron chi connectivity index (χ4n) is 3.00. The summed E-state index contributed by atoms with van der Waals surface area (Å²) in [5, 5.41) is 4.43. The molecule has 2 aromatic rings. The quantitative estimate of drug-likeness (QED) is 0.514. The summed E-state index contributed by atoms with van der Waals surface area (Å²) in [7, 11) is -0.819. The zero-order chi connectivity index (χ0) is 23.3. The SMILES string of the molecule is CC/C=C(\F)Cc1c(C(=O)OCC)nn(Cc2ccc(S(=O)(=O)N(C)C)c(Cl)c2)c1C. The Morgan fingerprint density at radius 1 is 1.32 bits per heavy atom. The van der Waals surface area contributed by atoms with Crippen molar-refractivity contribution in [3.05, 3.63) is 57.6 Å². The van der Waals surface area contributed by atoms with Gasteiger partial charge in [0.2, 0.25) is 10.0 Å². The van der Waals surface area contributed by atoms with Crippen LogP contribution in [0.15, 0.2) is 35.0 Å². The van der Waals surface area contributed by atoms with Crippen LogP contribution in [0.3, 0.4) is 0 Å². The highest BCUT2D eigenvalue weighted by atomic mass is 35.5. The number of carbonyl (C=O) groups excluding carboxylic acids is 1. The second-order valence-electron chi connectivity index (χ2n) is 7.08. The first-order valence-corrected chi connectivity index (χ1v) is 11.6. The molecule has 0 saturated heterocycles. The lowest BCUT2D eigenvalue weighted by molar-refractivity contribution is 0.0517. The third kappa shape index (κ3) is 5.72. The Bertz CT molecular complexity index is 1090. The Kier molecular flexibility index (Phi) is 8.39. The number of sulfonamides is 1. The van der Waals surface area contributed by atoms with Gasteiger partial charge in [-0.2, -0.15) is 5.10 Å². The Morgan fingerprint density at radius 3 is 2.55 bits per heavy atom. The van der Waals surface area contributed by atoms with Crippen molar-refractivity contribution < 1.29 is 22.3 Å². The predicted octanol–water partition coefficient (Wildman–Crippen LogP) is 4.13. The van der Waals surface area contributed by atoms with Crippen molar-refractivity contribution in [1.82, 2.24) is 14.1 Å². The standard InChI is InChI=1S/C21H27ClFN3O4S/c1-6-8-16(23)12-17-14(3)26(24-20(17)21(27)30-7-2)13-15-9-10-19(18(22)11-15)31(28,29)25(4)5/h8-11H,6-7,12-13H2,1-5H3/b16-8-. The number of halogens is 2. The molecule has 31 heavy (non-hydrogen) atoms. The Labute approximate surface area is 187 Å². The topological polar surface area (TPSA) is 81.5 Å². The van der Waals surface area contributed by atoms with E-state index in [1.807, 2.05) is 6.92 Å². The van der Waals surface area contributed by atoms with Gasteiger partial charge in [-0.25, -0.2) is 21.9 Å². The van der Waals surface area contributed by atoms with Crippen LogP contribution < -0.4 is 0 Å². The van der Waals surface area contributed by atoms with Gasteiger partial charge in [0.1, 0.15) is 10.7 Å². The molecule has 10 heteroatoms. The number of carbonyl (C=O) groups is 1. The molecular weight excluding hydrogens is 445 g/mol. The van der Waals surface area contributed by atoms with Crippen LogP contribution in [0.5, 0.6) is 0 Å². The highest BCUT2D eigenvalue weighted by Gasteiger charge is 2.24. The number of esters is 1. The molecule has 2 rings (SSSR count). The molecule has 0 atom stereocenters. The molecule has 0 amide bonds. The number of hydrogen-bond acceptors (Lipinski definition) is 5. The van der Waals surface area contributed by atoms with Crippen molar-refractivity contribution >= 4 is 27.6 Å². The molecular formula is C21H27ClFN3O4S. The first-order valence-electron chi connectivity index (χ1n) is 9.81. The van der Waals surface area contributed by atoms with Gasteiger partial charge >= 0.3 is 5.97 Å². The molecule has 0 aliphatic carbocycles. The van der Waals surface area contributed by atoms with Crippen LogP contribution in [0.2, 0.25) is 5.02 Å². The summed E-state index contributed by atoms with van der Waals surface area (Å²) < 4.78 is 46.6. The van der Waals surface area contributed by atoms with Gasteiger partial charge < -0.3 is 4.74 Å². The van der Waals surface area contributed by atoms with Gasteiger partial charge in [0, 0.05) is 31.8 Å². The molecule has 0 saturated carbocycles. The van der Waals surface area contributed by atoms with Gasteiger partial charge in [-0.3, -0.25) is 4.68 Å². The average molecular weight is 472 g/mol. The van der Waals surface area contributed by atoms with Crippen LogP contribution in [0.4, 0.5) is 4.39 Å². The number of allylic oxidation sites excluding steroid dienone is 2. The molecule has 0 aliphatic heterocycles. The van der Waals surface area contributed by atoms with Gasteiger partial charge in [-0.15, -0.1) is 0 Å². The van der Waals surface area contributed by atoms with Crippen LogP contribution in [0.1, 0.15) is 47.6 Å². The summed E-state index contributed by atoms with van der Waals surface area (Å²) in [5.41, 5.74) is 1.82. The van der Waals surface area contributed by atoms with Crippen LogP contribution >= 0.6 is 11.6 Å². The highest BCUT2D eigenvalue weighted by Crippen LogP contribution is 2.26. The average Bonchev–Trinajstić information content (AvgIpc) is 2.98. The molecule has 0 spiro atoms. The normalized spacial score (nSPS) is 12.5. The third-order valence-corrected chi connectivity index (χ3v) is 6.96. The van der Waals surface area contributed by atoms with Gasteiger partial charge in [-0.1, -0.05) is 30.7 Å². The lowest BCUT2D eigenvalue weighted by Gasteiger charge is -2.13. The second-order valence-corrected chi connectivity index (χ2v) is 9.61. The predicted molar refractivity (Wildman–Crippen MR) is 118 cm³/mol. The molecule has 0 radical (unpaired) electrons. The van der Waals surface area contributed by atoms with Crippen LogP contribution in [-0.2, 0) is 27.7 Å². The largest absolute Gasteiger partial charge is 0.461 e. The first-order chi connectivity index (χ1) is 14.5. The minimum atomic E-state index is -3.67. The maximum atomic E-state index is 14.2. The molecule has 1 heterocycles. The van der Waals surface area contributed by atoms with Crippen LogP contribution in [0.25, 0.3) is 0 Å². The van der Waals surface area contributed by atoms with E-state index in [1.54, 1.807) is 30.7 Å². The van der Waals surface area contributed by atoms with E-state index in [9.17, 15) is 17.6 Å². The fraction of sp³-hybridized carbons (Fsp3) is 0.429. The zero-order valence-electron chi connectivity index (χ0n) is 18.3. The molecule has 0 N–H and O–H groups in total.